The highest BCUT2D eigenvalue weighted by molar-refractivity contribution is 6.74. The van der Waals surface area contributed by atoms with Gasteiger partial charge in [0, 0.05) is 19.1 Å². The van der Waals surface area contributed by atoms with E-state index in [-0.39, 0.29) is 22.0 Å². The van der Waals surface area contributed by atoms with Gasteiger partial charge in [-0.15, -0.1) is 0 Å². The average Bonchev–Trinajstić information content (AvgIpc) is 2.65. The summed E-state index contributed by atoms with van der Waals surface area (Å²) in [6, 6.07) is 0. The van der Waals surface area contributed by atoms with Gasteiger partial charge < -0.3 is 18.3 Å². The highest BCUT2D eigenvalue weighted by Crippen LogP contribution is 2.37. The molecule has 188 valence electrons. The van der Waals surface area contributed by atoms with Gasteiger partial charge in [-0.2, -0.15) is 0 Å². The zero-order valence-corrected chi connectivity index (χ0v) is 24.6. The molecule has 0 aromatic carbocycles. The second kappa shape index (κ2) is 14.7. The highest BCUT2D eigenvalue weighted by Gasteiger charge is 2.38. The summed E-state index contributed by atoms with van der Waals surface area (Å²) >= 11 is 0. The van der Waals surface area contributed by atoms with Crippen LogP contribution in [0.2, 0.25) is 36.3 Å². The van der Waals surface area contributed by atoms with E-state index in [0.717, 1.165) is 6.42 Å². The largest absolute Gasteiger partial charge is 0.549 e. The van der Waals surface area contributed by atoms with Gasteiger partial charge in [-0.1, -0.05) is 53.7 Å². The predicted molar refractivity (Wildman–Crippen MR) is 138 cm³/mol. The molecule has 0 unspecified atom stereocenters. The van der Waals surface area contributed by atoms with Crippen LogP contribution in [0.3, 0.4) is 0 Å². The van der Waals surface area contributed by atoms with Crippen molar-refractivity contribution < 1.29 is 27.9 Å². The summed E-state index contributed by atoms with van der Waals surface area (Å²) in [4.78, 5) is 21.6. The van der Waals surface area contributed by atoms with Crippen molar-refractivity contribution in [2.75, 3.05) is 20.8 Å². The lowest BCUT2D eigenvalue weighted by atomic mass is 10.2. The van der Waals surface area contributed by atoms with E-state index in [1.54, 1.807) is 12.3 Å². The van der Waals surface area contributed by atoms with Crippen LogP contribution in [0.4, 0.5) is 0 Å². The molecule has 0 N–H and O–H groups in total. The zero-order valence-electron chi connectivity index (χ0n) is 22.6. The molecule has 32 heavy (non-hydrogen) atoms. The molecule has 0 atom stereocenters. The first-order chi connectivity index (χ1) is 14.4. The number of hydrogen-bond donors (Lipinski definition) is 0. The number of hydrogen-bond acceptors (Lipinski definition) is 6. The van der Waals surface area contributed by atoms with Gasteiger partial charge in [-0.3, -0.25) is 4.79 Å². The molecule has 0 fully saturated rings. The lowest BCUT2D eigenvalue weighted by Gasteiger charge is -2.36. The van der Waals surface area contributed by atoms with Crippen molar-refractivity contribution in [1.29, 1.82) is 0 Å². The molecule has 0 saturated heterocycles. The van der Waals surface area contributed by atoms with E-state index < -0.39 is 16.6 Å². The summed E-state index contributed by atoms with van der Waals surface area (Å²) in [6.45, 7) is 22.7. The number of ether oxygens (including phenoxy) is 2. The van der Waals surface area contributed by atoms with Gasteiger partial charge in [0.2, 0.25) is 8.32 Å². The zero-order chi connectivity index (χ0) is 25.6. The molecule has 0 amide bonds. The third-order valence-electron chi connectivity index (χ3n) is 6.02. The smallest absolute Gasteiger partial charge is 0.330 e. The summed E-state index contributed by atoms with van der Waals surface area (Å²) in [5.41, 5.74) is 0. The predicted octanol–water partition coefficient (Wildman–Crippen LogP) is 6.60. The first-order valence-electron chi connectivity index (χ1n) is 11.2. The molecular formula is C24H48O6Si2. The third kappa shape index (κ3) is 14.6. The Morgan fingerprint density at radius 1 is 0.781 bits per heavy atom. The molecule has 0 bridgehead atoms. The Bertz CT molecular complexity index is 611. The van der Waals surface area contributed by atoms with E-state index in [2.05, 4.69) is 77.2 Å². The SMILES string of the molecule is COC(=O)/C=C/CCO[Si](C)(C)C(C)(C)C.COC(=O)CCC=CO[Si](C)(C)C(C)(C)C. The standard InChI is InChI=1S/2C12H24O3Si/c2*1-12(2,3)16(5,6)15-10-8-7-9-11(13)14-4/h8,10H,7,9H2,1-6H3;7,9H,8,10H2,1-6H3/b;9-7+. The third-order valence-corrected chi connectivity index (χ3v) is 14.9. The minimum atomic E-state index is -1.69. The molecule has 0 aliphatic rings. The lowest BCUT2D eigenvalue weighted by Crippen LogP contribution is -2.40. The number of allylic oxidation sites excluding steroid dienone is 1. The number of esters is 2. The number of carbonyl (C=O) groups is 2. The molecule has 0 heterocycles. The Labute approximate surface area is 199 Å². The van der Waals surface area contributed by atoms with E-state index >= 15 is 0 Å². The van der Waals surface area contributed by atoms with Crippen LogP contribution in [0, 0.1) is 0 Å². The van der Waals surface area contributed by atoms with Gasteiger partial charge in [-0.25, -0.2) is 4.79 Å². The minimum Gasteiger partial charge on any atom is -0.549 e. The maximum absolute atomic E-state index is 10.8. The Morgan fingerprint density at radius 2 is 1.31 bits per heavy atom. The molecule has 0 radical (unpaired) electrons. The summed E-state index contributed by atoms with van der Waals surface area (Å²) in [7, 11) is -0.559. The van der Waals surface area contributed by atoms with Crippen LogP contribution in [0.25, 0.3) is 0 Å². The fraction of sp³-hybridized carbons (Fsp3) is 0.750. The molecule has 8 heteroatoms. The second-order valence-electron chi connectivity index (χ2n) is 10.7. The first kappa shape index (κ1) is 32.8. The van der Waals surface area contributed by atoms with Crippen LogP contribution >= 0.6 is 0 Å². The lowest BCUT2D eigenvalue weighted by molar-refractivity contribution is -0.140. The van der Waals surface area contributed by atoms with Crippen molar-refractivity contribution in [2.45, 2.75) is 97.1 Å². The normalized spacial score (nSPS) is 13.0. The summed E-state index contributed by atoms with van der Waals surface area (Å²) in [5, 5.41) is 0.443. The van der Waals surface area contributed by atoms with E-state index in [0.29, 0.717) is 19.4 Å². The minimum absolute atomic E-state index is 0.183. The second-order valence-corrected chi connectivity index (χ2v) is 20.3. The Hall–Kier alpha value is -1.39. The summed E-state index contributed by atoms with van der Waals surface area (Å²) in [6.07, 6.45) is 8.68. The Balaban J connectivity index is 0. The van der Waals surface area contributed by atoms with E-state index in [4.69, 9.17) is 8.85 Å². The van der Waals surface area contributed by atoms with Crippen LogP contribution in [-0.4, -0.2) is 49.4 Å². The molecule has 0 rings (SSSR count). The number of methoxy groups -OCH3 is 2. The van der Waals surface area contributed by atoms with Crippen molar-refractivity contribution in [2.24, 2.45) is 0 Å². The molecule has 0 aliphatic heterocycles. The first-order valence-corrected chi connectivity index (χ1v) is 17.0. The monoisotopic (exact) mass is 488 g/mol. The quantitative estimate of drug-likeness (QED) is 0.113. The van der Waals surface area contributed by atoms with E-state index in [1.165, 1.54) is 20.3 Å². The summed E-state index contributed by atoms with van der Waals surface area (Å²) in [5.74, 6) is -0.496. The van der Waals surface area contributed by atoms with Crippen molar-refractivity contribution in [3.63, 3.8) is 0 Å². The average molecular weight is 489 g/mol. The van der Waals surface area contributed by atoms with Gasteiger partial charge in [0.05, 0.1) is 20.5 Å². The van der Waals surface area contributed by atoms with Crippen LogP contribution in [-0.2, 0) is 27.9 Å². The fourth-order valence-corrected chi connectivity index (χ4v) is 3.46. The van der Waals surface area contributed by atoms with E-state index in [9.17, 15) is 9.59 Å². The molecule has 6 nitrogen and oxygen atoms in total. The number of rotatable bonds is 10. The maximum atomic E-state index is 10.8. The van der Waals surface area contributed by atoms with Crippen molar-refractivity contribution in [1.82, 2.24) is 0 Å². The molecule has 0 aromatic heterocycles. The van der Waals surface area contributed by atoms with Crippen LogP contribution < -0.4 is 0 Å². The Kier molecular flexibility index (Phi) is 15.1. The van der Waals surface area contributed by atoms with Crippen molar-refractivity contribution in [3.05, 3.63) is 24.5 Å². The molecule has 0 aromatic rings. The molecular weight excluding hydrogens is 440 g/mol. The van der Waals surface area contributed by atoms with Gasteiger partial charge in [0.1, 0.15) is 0 Å². The van der Waals surface area contributed by atoms with Crippen molar-refractivity contribution in [3.8, 4) is 0 Å². The fourth-order valence-electron chi connectivity index (χ4n) is 1.61. The van der Waals surface area contributed by atoms with Gasteiger partial charge in [-0.05, 0) is 49.1 Å². The number of carbonyl (C=O) groups excluding carboxylic acids is 2. The maximum Gasteiger partial charge on any atom is 0.330 e. The van der Waals surface area contributed by atoms with Gasteiger partial charge in [0.15, 0.2) is 8.32 Å². The van der Waals surface area contributed by atoms with Crippen LogP contribution in [0.5, 0.6) is 0 Å². The van der Waals surface area contributed by atoms with Crippen molar-refractivity contribution >= 4 is 28.6 Å². The molecule has 0 aliphatic carbocycles. The van der Waals surface area contributed by atoms with E-state index in [1.807, 2.05) is 6.08 Å². The molecule has 0 spiro atoms. The van der Waals surface area contributed by atoms with Gasteiger partial charge >= 0.3 is 11.9 Å². The Morgan fingerprint density at radius 3 is 1.75 bits per heavy atom. The van der Waals surface area contributed by atoms with Crippen LogP contribution in [0.1, 0.15) is 60.8 Å². The van der Waals surface area contributed by atoms with Crippen LogP contribution in [0.15, 0.2) is 24.5 Å². The highest BCUT2D eigenvalue weighted by atomic mass is 28.4. The topological polar surface area (TPSA) is 71.1 Å². The van der Waals surface area contributed by atoms with Gasteiger partial charge in [0.25, 0.3) is 0 Å². The molecule has 0 saturated carbocycles. The summed E-state index contributed by atoms with van der Waals surface area (Å²) < 4.78 is 20.8.